The summed E-state index contributed by atoms with van der Waals surface area (Å²) in [4.78, 5) is 16.2. The molecular weight excluding hydrogens is 424 g/mol. The second-order valence-corrected chi connectivity index (χ2v) is 7.61. The number of benzene rings is 2. The van der Waals surface area contributed by atoms with Crippen LogP contribution in [-0.2, 0) is 0 Å². The SMILES string of the molecule is Nc1cncc(-c2cc3c(-c4nc5nccc(-c6cccc(F)c6)c5[nH]4)n[nH]c3cc2F)c1. The molecule has 0 atom stereocenters. The van der Waals surface area contributed by atoms with Crippen molar-refractivity contribution >= 4 is 27.8 Å². The van der Waals surface area contributed by atoms with E-state index in [1.165, 1.54) is 24.4 Å². The van der Waals surface area contributed by atoms with Crippen molar-refractivity contribution in [2.75, 3.05) is 5.73 Å². The van der Waals surface area contributed by atoms with Crippen molar-refractivity contribution in [1.29, 1.82) is 0 Å². The van der Waals surface area contributed by atoms with E-state index in [1.54, 1.807) is 36.7 Å². The lowest BCUT2D eigenvalue weighted by atomic mass is 10.0. The number of imidazole rings is 1. The maximum Gasteiger partial charge on any atom is 0.178 e. The summed E-state index contributed by atoms with van der Waals surface area (Å²) >= 11 is 0. The highest BCUT2D eigenvalue weighted by molar-refractivity contribution is 5.97. The van der Waals surface area contributed by atoms with Gasteiger partial charge in [-0.05, 0) is 35.9 Å². The quantitative estimate of drug-likeness (QED) is 0.356. The van der Waals surface area contributed by atoms with Crippen LogP contribution in [-0.4, -0.2) is 30.1 Å². The molecule has 0 saturated carbocycles. The Bertz CT molecular complexity index is 1670. The largest absolute Gasteiger partial charge is 0.397 e. The molecule has 0 unspecified atom stereocenters. The number of hydrogen-bond donors (Lipinski definition) is 3. The standard InChI is InChI=1S/C24H15F2N7/c25-14-3-1-2-12(6-14)16-4-5-29-23-21(16)30-24(31-23)22-18-8-17(13-7-15(27)11-28-10-13)19(26)9-20(18)32-33-22/h1-11H,27H2,(H,32,33)(H,29,30,31). The van der Waals surface area contributed by atoms with E-state index in [9.17, 15) is 8.78 Å². The van der Waals surface area contributed by atoms with Gasteiger partial charge in [0.1, 0.15) is 17.3 Å². The molecule has 0 saturated heterocycles. The maximum atomic E-state index is 14.8. The summed E-state index contributed by atoms with van der Waals surface area (Å²) < 4.78 is 28.6. The Balaban J connectivity index is 1.53. The minimum absolute atomic E-state index is 0.332. The Kier molecular flexibility index (Phi) is 4.16. The molecule has 4 N–H and O–H groups in total. The molecule has 0 aliphatic rings. The molecule has 160 valence electrons. The zero-order valence-corrected chi connectivity index (χ0v) is 17.0. The second kappa shape index (κ2) is 7.20. The number of pyridine rings is 2. The molecule has 33 heavy (non-hydrogen) atoms. The number of nitrogens with zero attached hydrogens (tertiary/aromatic N) is 4. The van der Waals surface area contributed by atoms with Crippen molar-refractivity contribution < 1.29 is 8.78 Å². The topological polar surface area (TPSA) is 109 Å². The van der Waals surface area contributed by atoms with E-state index >= 15 is 0 Å². The van der Waals surface area contributed by atoms with E-state index in [4.69, 9.17) is 5.73 Å². The number of nitrogens with two attached hydrogens (primary N) is 1. The first kappa shape index (κ1) is 19.1. The van der Waals surface area contributed by atoms with Crippen molar-refractivity contribution in [2.45, 2.75) is 0 Å². The van der Waals surface area contributed by atoms with E-state index in [1.807, 2.05) is 6.07 Å². The molecule has 0 radical (unpaired) electrons. The Labute approximate surface area is 185 Å². The highest BCUT2D eigenvalue weighted by Crippen LogP contribution is 2.34. The third kappa shape index (κ3) is 3.18. The summed E-state index contributed by atoms with van der Waals surface area (Å²) in [7, 11) is 0. The van der Waals surface area contributed by atoms with E-state index in [0.717, 1.165) is 5.56 Å². The van der Waals surface area contributed by atoms with Gasteiger partial charge in [0.15, 0.2) is 11.5 Å². The number of aromatic amines is 2. The van der Waals surface area contributed by atoms with Crippen LogP contribution in [0, 0.1) is 11.6 Å². The maximum absolute atomic E-state index is 14.8. The monoisotopic (exact) mass is 439 g/mol. The first-order chi connectivity index (χ1) is 16.1. The van der Waals surface area contributed by atoms with E-state index in [-0.39, 0.29) is 5.82 Å². The lowest BCUT2D eigenvalue weighted by Crippen LogP contribution is -1.90. The summed E-state index contributed by atoms with van der Waals surface area (Å²) in [5, 5.41) is 7.88. The molecule has 6 aromatic rings. The van der Waals surface area contributed by atoms with Crippen molar-refractivity contribution in [3.63, 3.8) is 0 Å². The average Bonchev–Trinajstić information content (AvgIpc) is 3.41. The van der Waals surface area contributed by atoms with Crippen molar-refractivity contribution in [2.24, 2.45) is 0 Å². The van der Waals surface area contributed by atoms with Crippen LogP contribution < -0.4 is 5.73 Å². The minimum Gasteiger partial charge on any atom is -0.397 e. The number of nitrogen functional groups attached to an aromatic ring is 1. The number of halogens is 2. The molecule has 6 rings (SSSR count). The lowest BCUT2D eigenvalue weighted by molar-refractivity contribution is 0.628. The van der Waals surface area contributed by atoms with Crippen LogP contribution >= 0.6 is 0 Å². The fourth-order valence-corrected chi connectivity index (χ4v) is 3.96. The number of aromatic nitrogens is 6. The van der Waals surface area contributed by atoms with E-state index in [0.29, 0.717) is 56.0 Å². The van der Waals surface area contributed by atoms with Crippen molar-refractivity contribution in [3.8, 4) is 33.8 Å². The summed E-state index contributed by atoms with van der Waals surface area (Å²) in [6.07, 6.45) is 4.67. The number of H-pyrrole nitrogens is 2. The molecule has 0 spiro atoms. The Morgan fingerprint density at radius 1 is 0.909 bits per heavy atom. The van der Waals surface area contributed by atoms with Gasteiger partial charge in [0.05, 0.1) is 16.7 Å². The van der Waals surface area contributed by atoms with Crippen LogP contribution in [0.3, 0.4) is 0 Å². The molecule has 0 aliphatic heterocycles. The molecule has 4 heterocycles. The van der Waals surface area contributed by atoms with Crippen LogP contribution in [0.4, 0.5) is 14.5 Å². The van der Waals surface area contributed by atoms with Crippen LogP contribution in [0.5, 0.6) is 0 Å². The summed E-state index contributed by atoms with van der Waals surface area (Å²) in [6.45, 7) is 0. The third-order valence-electron chi connectivity index (χ3n) is 5.47. The highest BCUT2D eigenvalue weighted by atomic mass is 19.1. The minimum atomic E-state index is -0.426. The predicted molar refractivity (Wildman–Crippen MR) is 122 cm³/mol. The summed E-state index contributed by atoms with van der Waals surface area (Å²) in [5.41, 5.74) is 10.8. The van der Waals surface area contributed by atoms with Gasteiger partial charge in [-0.25, -0.2) is 18.7 Å². The molecule has 0 bridgehead atoms. The number of fused-ring (bicyclic) bond motifs is 2. The van der Waals surface area contributed by atoms with Gasteiger partial charge >= 0.3 is 0 Å². The highest BCUT2D eigenvalue weighted by Gasteiger charge is 2.18. The first-order valence-electron chi connectivity index (χ1n) is 10.1. The molecular formula is C24H15F2N7. The van der Waals surface area contributed by atoms with E-state index in [2.05, 4.69) is 30.1 Å². The Morgan fingerprint density at radius 2 is 1.82 bits per heavy atom. The van der Waals surface area contributed by atoms with Crippen molar-refractivity contribution in [1.82, 2.24) is 30.1 Å². The molecule has 4 aromatic heterocycles. The van der Waals surface area contributed by atoms with Crippen molar-refractivity contribution in [3.05, 3.63) is 78.8 Å². The third-order valence-corrected chi connectivity index (χ3v) is 5.47. The normalized spacial score (nSPS) is 11.5. The van der Waals surface area contributed by atoms with Gasteiger partial charge in [0, 0.05) is 46.7 Å². The van der Waals surface area contributed by atoms with Gasteiger partial charge in [0.2, 0.25) is 0 Å². The Hall–Kier alpha value is -4.66. The summed E-state index contributed by atoms with van der Waals surface area (Å²) in [6, 6.07) is 12.8. The molecule has 0 amide bonds. The fourth-order valence-electron chi connectivity index (χ4n) is 3.96. The van der Waals surface area contributed by atoms with Crippen LogP contribution in [0.1, 0.15) is 0 Å². The fraction of sp³-hybridized carbons (Fsp3) is 0. The number of rotatable bonds is 3. The molecule has 2 aromatic carbocycles. The number of hydrogen-bond acceptors (Lipinski definition) is 5. The van der Waals surface area contributed by atoms with E-state index < -0.39 is 5.82 Å². The molecule has 0 fully saturated rings. The molecule has 9 heteroatoms. The van der Waals surface area contributed by atoms with Crippen LogP contribution in [0.15, 0.2) is 67.1 Å². The summed E-state index contributed by atoms with van der Waals surface area (Å²) in [5.74, 6) is -0.304. The van der Waals surface area contributed by atoms with Gasteiger partial charge in [-0.2, -0.15) is 5.10 Å². The zero-order chi connectivity index (χ0) is 22.5. The number of nitrogens with one attached hydrogen (secondary N) is 2. The first-order valence-corrected chi connectivity index (χ1v) is 10.1. The molecule has 7 nitrogen and oxygen atoms in total. The second-order valence-electron chi connectivity index (χ2n) is 7.61. The zero-order valence-electron chi connectivity index (χ0n) is 17.0. The predicted octanol–water partition coefficient (Wildman–Crippen LogP) is 5.09. The van der Waals surface area contributed by atoms with Gasteiger partial charge in [-0.15, -0.1) is 0 Å². The molecule has 0 aliphatic carbocycles. The average molecular weight is 439 g/mol. The Morgan fingerprint density at radius 3 is 2.67 bits per heavy atom. The number of anilines is 1. The smallest absolute Gasteiger partial charge is 0.178 e. The van der Waals surface area contributed by atoms with Gasteiger partial charge in [-0.1, -0.05) is 12.1 Å². The van der Waals surface area contributed by atoms with Crippen LogP contribution in [0.25, 0.3) is 55.8 Å². The van der Waals surface area contributed by atoms with Crippen LogP contribution in [0.2, 0.25) is 0 Å². The van der Waals surface area contributed by atoms with Gasteiger partial charge in [0.25, 0.3) is 0 Å². The lowest BCUT2D eigenvalue weighted by Gasteiger charge is -2.05. The van der Waals surface area contributed by atoms with Gasteiger partial charge < -0.3 is 10.7 Å². The van der Waals surface area contributed by atoms with Gasteiger partial charge in [-0.3, -0.25) is 10.1 Å².